The van der Waals surface area contributed by atoms with E-state index >= 15 is 0 Å². The SMILES string of the molecule is CCCc1nc(NCC)c(C)c(NC2CCC(C)CC2)n1. The molecule has 1 saturated carbocycles. The molecule has 0 saturated heterocycles. The molecule has 0 amide bonds. The number of hydrogen-bond donors (Lipinski definition) is 2. The van der Waals surface area contributed by atoms with Crippen LogP contribution >= 0.6 is 0 Å². The Morgan fingerprint density at radius 2 is 1.71 bits per heavy atom. The van der Waals surface area contributed by atoms with E-state index in [1.54, 1.807) is 0 Å². The highest BCUT2D eigenvalue weighted by Gasteiger charge is 2.20. The predicted octanol–water partition coefficient (Wildman–Crippen LogP) is 4.16. The molecule has 0 atom stereocenters. The van der Waals surface area contributed by atoms with E-state index in [1.165, 1.54) is 25.7 Å². The highest BCUT2D eigenvalue weighted by Crippen LogP contribution is 2.28. The summed E-state index contributed by atoms with van der Waals surface area (Å²) in [5.74, 6) is 3.85. The van der Waals surface area contributed by atoms with Crippen molar-refractivity contribution >= 4 is 11.6 Å². The Morgan fingerprint density at radius 1 is 1.05 bits per heavy atom. The number of hydrogen-bond acceptors (Lipinski definition) is 4. The molecule has 0 spiro atoms. The number of aromatic nitrogens is 2. The van der Waals surface area contributed by atoms with Gasteiger partial charge in [-0.25, -0.2) is 9.97 Å². The van der Waals surface area contributed by atoms with Gasteiger partial charge < -0.3 is 10.6 Å². The number of aryl methyl sites for hydroxylation is 1. The second-order valence-electron chi connectivity index (χ2n) is 6.34. The van der Waals surface area contributed by atoms with Gasteiger partial charge in [0.1, 0.15) is 17.5 Å². The van der Waals surface area contributed by atoms with Crippen LogP contribution in [0.1, 0.15) is 64.3 Å². The van der Waals surface area contributed by atoms with E-state index in [-0.39, 0.29) is 0 Å². The highest BCUT2D eigenvalue weighted by molar-refractivity contribution is 5.57. The van der Waals surface area contributed by atoms with Crippen molar-refractivity contribution in [3.05, 3.63) is 11.4 Å². The maximum Gasteiger partial charge on any atom is 0.134 e. The molecule has 1 aliphatic rings. The summed E-state index contributed by atoms with van der Waals surface area (Å²) in [6.07, 6.45) is 7.17. The van der Waals surface area contributed by atoms with Gasteiger partial charge in [0.15, 0.2) is 0 Å². The molecule has 2 N–H and O–H groups in total. The van der Waals surface area contributed by atoms with Crippen LogP contribution in [-0.2, 0) is 6.42 Å². The lowest BCUT2D eigenvalue weighted by Gasteiger charge is -2.28. The van der Waals surface area contributed by atoms with Crippen molar-refractivity contribution in [2.75, 3.05) is 17.2 Å². The van der Waals surface area contributed by atoms with Crippen LogP contribution in [0.4, 0.5) is 11.6 Å². The van der Waals surface area contributed by atoms with Gasteiger partial charge in [-0.15, -0.1) is 0 Å². The van der Waals surface area contributed by atoms with Crippen LogP contribution in [0.3, 0.4) is 0 Å². The summed E-state index contributed by atoms with van der Waals surface area (Å²) in [7, 11) is 0. The zero-order valence-electron chi connectivity index (χ0n) is 14.0. The lowest BCUT2D eigenvalue weighted by atomic mass is 9.87. The van der Waals surface area contributed by atoms with Crippen molar-refractivity contribution in [1.29, 1.82) is 0 Å². The summed E-state index contributed by atoms with van der Waals surface area (Å²) in [4.78, 5) is 9.41. The first-order valence-electron chi connectivity index (χ1n) is 8.51. The zero-order chi connectivity index (χ0) is 15.2. The van der Waals surface area contributed by atoms with Crippen LogP contribution in [-0.4, -0.2) is 22.6 Å². The van der Waals surface area contributed by atoms with E-state index in [0.717, 1.165) is 48.3 Å². The lowest BCUT2D eigenvalue weighted by molar-refractivity contribution is 0.360. The van der Waals surface area contributed by atoms with E-state index in [0.29, 0.717) is 6.04 Å². The first kappa shape index (κ1) is 16.1. The summed E-state index contributed by atoms with van der Waals surface area (Å²) in [6.45, 7) is 9.64. The zero-order valence-corrected chi connectivity index (χ0v) is 14.0. The summed E-state index contributed by atoms with van der Waals surface area (Å²) in [6, 6.07) is 0.568. The van der Waals surface area contributed by atoms with E-state index in [2.05, 4.69) is 43.3 Å². The van der Waals surface area contributed by atoms with Gasteiger partial charge in [-0.1, -0.05) is 13.8 Å². The van der Waals surface area contributed by atoms with E-state index in [1.807, 2.05) is 0 Å². The molecular weight excluding hydrogens is 260 g/mol. The molecule has 1 aliphatic carbocycles. The van der Waals surface area contributed by atoms with Gasteiger partial charge >= 0.3 is 0 Å². The van der Waals surface area contributed by atoms with E-state index in [4.69, 9.17) is 4.98 Å². The second-order valence-corrected chi connectivity index (χ2v) is 6.34. The van der Waals surface area contributed by atoms with Gasteiger partial charge in [0.25, 0.3) is 0 Å². The molecule has 0 radical (unpaired) electrons. The Morgan fingerprint density at radius 3 is 2.33 bits per heavy atom. The van der Waals surface area contributed by atoms with Crippen molar-refractivity contribution in [3.8, 4) is 0 Å². The van der Waals surface area contributed by atoms with Crippen LogP contribution in [0.5, 0.6) is 0 Å². The van der Waals surface area contributed by atoms with Gasteiger partial charge in [0, 0.05) is 24.6 Å². The fourth-order valence-electron chi connectivity index (χ4n) is 2.98. The molecule has 1 aromatic heterocycles. The lowest BCUT2D eigenvalue weighted by Crippen LogP contribution is -2.26. The summed E-state index contributed by atoms with van der Waals surface area (Å²) < 4.78 is 0. The first-order chi connectivity index (χ1) is 10.1. The average molecular weight is 290 g/mol. The monoisotopic (exact) mass is 290 g/mol. The van der Waals surface area contributed by atoms with Gasteiger partial charge in [-0.3, -0.25) is 0 Å². The minimum absolute atomic E-state index is 0.568. The van der Waals surface area contributed by atoms with Crippen LogP contribution in [0.2, 0.25) is 0 Å². The molecule has 4 nitrogen and oxygen atoms in total. The van der Waals surface area contributed by atoms with Crippen LogP contribution in [0.25, 0.3) is 0 Å². The standard InChI is InChI=1S/C17H30N4/c1-5-7-15-20-16(18-6-2)13(4)17(21-15)19-14-10-8-12(3)9-11-14/h12,14H,5-11H2,1-4H3,(H2,18,19,20,21). The maximum atomic E-state index is 4.76. The largest absolute Gasteiger partial charge is 0.370 e. The second kappa shape index (κ2) is 7.62. The number of anilines is 2. The smallest absolute Gasteiger partial charge is 0.134 e. The summed E-state index contributed by atoms with van der Waals surface area (Å²) in [5, 5.41) is 7.04. The highest BCUT2D eigenvalue weighted by atomic mass is 15.1. The van der Waals surface area contributed by atoms with Gasteiger partial charge in [-0.05, 0) is 51.9 Å². The molecule has 2 rings (SSSR count). The normalized spacial score (nSPS) is 22.1. The molecule has 1 aromatic rings. The third kappa shape index (κ3) is 4.32. The van der Waals surface area contributed by atoms with Gasteiger partial charge in [-0.2, -0.15) is 0 Å². The molecule has 0 aromatic carbocycles. The van der Waals surface area contributed by atoms with Crippen LogP contribution < -0.4 is 10.6 Å². The minimum Gasteiger partial charge on any atom is -0.370 e. The molecule has 4 heteroatoms. The van der Waals surface area contributed by atoms with Crippen molar-refractivity contribution in [2.24, 2.45) is 5.92 Å². The average Bonchev–Trinajstić information content (AvgIpc) is 2.47. The van der Waals surface area contributed by atoms with Crippen molar-refractivity contribution < 1.29 is 0 Å². The van der Waals surface area contributed by atoms with E-state index in [9.17, 15) is 0 Å². The van der Waals surface area contributed by atoms with Crippen molar-refractivity contribution in [3.63, 3.8) is 0 Å². The predicted molar refractivity (Wildman–Crippen MR) is 90.0 cm³/mol. The number of nitrogens with one attached hydrogen (secondary N) is 2. The van der Waals surface area contributed by atoms with Crippen LogP contribution in [0, 0.1) is 12.8 Å². The van der Waals surface area contributed by atoms with Gasteiger partial charge in [0.2, 0.25) is 0 Å². The molecule has 1 fully saturated rings. The molecule has 21 heavy (non-hydrogen) atoms. The fourth-order valence-corrected chi connectivity index (χ4v) is 2.98. The third-order valence-electron chi connectivity index (χ3n) is 4.37. The molecular formula is C17H30N4. The van der Waals surface area contributed by atoms with E-state index < -0.39 is 0 Å². The number of rotatable bonds is 6. The third-order valence-corrected chi connectivity index (χ3v) is 4.37. The quantitative estimate of drug-likeness (QED) is 0.826. The van der Waals surface area contributed by atoms with Crippen LogP contribution in [0.15, 0.2) is 0 Å². The summed E-state index contributed by atoms with van der Waals surface area (Å²) >= 11 is 0. The topological polar surface area (TPSA) is 49.8 Å². The minimum atomic E-state index is 0.568. The molecule has 0 bridgehead atoms. The van der Waals surface area contributed by atoms with Crippen molar-refractivity contribution in [1.82, 2.24) is 9.97 Å². The molecule has 0 aliphatic heterocycles. The fraction of sp³-hybridized carbons (Fsp3) is 0.765. The summed E-state index contributed by atoms with van der Waals surface area (Å²) in [5.41, 5.74) is 1.15. The number of nitrogens with zero attached hydrogens (tertiary/aromatic N) is 2. The molecule has 0 unspecified atom stereocenters. The Bertz CT molecular complexity index is 450. The molecule has 118 valence electrons. The molecule has 1 heterocycles. The Balaban J connectivity index is 2.16. The van der Waals surface area contributed by atoms with Crippen molar-refractivity contribution in [2.45, 2.75) is 72.3 Å². The first-order valence-corrected chi connectivity index (χ1v) is 8.51. The maximum absolute atomic E-state index is 4.76. The Kier molecular flexibility index (Phi) is 5.83. The van der Waals surface area contributed by atoms with Gasteiger partial charge in [0.05, 0.1) is 0 Å². The Hall–Kier alpha value is -1.32. The Labute approximate surface area is 129 Å².